The smallest absolute Gasteiger partial charge is 0.408 e. The molecule has 7 nitrogen and oxygen atoms in total. The number of ether oxygens (including phenoxy) is 1. The third-order valence-electron chi connectivity index (χ3n) is 5.23. The summed E-state index contributed by atoms with van der Waals surface area (Å²) in [5, 5.41) is 5.75. The fourth-order valence-electron chi connectivity index (χ4n) is 3.15. The molecule has 1 saturated carbocycles. The van der Waals surface area contributed by atoms with E-state index in [9.17, 15) is 14.4 Å². The summed E-state index contributed by atoms with van der Waals surface area (Å²) < 4.78 is 5.33. The number of carbonyl (C=O) groups excluding carboxylic acids is 3. The molecule has 29 heavy (non-hydrogen) atoms. The van der Waals surface area contributed by atoms with E-state index in [2.05, 4.69) is 17.6 Å². The molecule has 1 aliphatic rings. The Balaban J connectivity index is 2.89. The molecule has 0 radical (unpaired) electrons. The first-order valence-corrected chi connectivity index (χ1v) is 11.1. The van der Waals surface area contributed by atoms with Crippen LogP contribution in [0.25, 0.3) is 0 Å². The highest BCUT2D eigenvalue weighted by Gasteiger charge is 2.41. The van der Waals surface area contributed by atoms with Crippen LogP contribution in [0.5, 0.6) is 0 Å². The number of likely N-dealkylation sites (N-methyl/N-ethyl adjacent to an activating group) is 1. The van der Waals surface area contributed by atoms with Gasteiger partial charge in [-0.3, -0.25) is 9.59 Å². The summed E-state index contributed by atoms with van der Waals surface area (Å²) in [7, 11) is 1.67. The van der Waals surface area contributed by atoms with Gasteiger partial charge in [-0.25, -0.2) is 4.79 Å². The molecule has 1 fully saturated rings. The molecule has 1 aliphatic carbocycles. The topological polar surface area (TPSA) is 87.7 Å². The summed E-state index contributed by atoms with van der Waals surface area (Å²) in [4.78, 5) is 39.9. The van der Waals surface area contributed by atoms with Crippen LogP contribution in [0, 0.1) is 5.92 Å². The second kappa shape index (κ2) is 11.4. The first-order chi connectivity index (χ1) is 13.5. The largest absolute Gasteiger partial charge is 0.444 e. The standard InChI is InChI=1S/C22H41N3O4/c1-8-10-11-12-17(19(26)23-15(3)9-2)25(7)20(27)18(16-13-14-16)24-21(28)29-22(4,5)6/h15-18H,8-14H2,1-7H3,(H,23,26)(H,24,28)/t15?,17-,18-/m0/s1. The highest BCUT2D eigenvalue weighted by molar-refractivity contribution is 5.91. The van der Waals surface area contributed by atoms with Crippen molar-refractivity contribution < 1.29 is 19.1 Å². The van der Waals surface area contributed by atoms with E-state index in [1.165, 1.54) is 4.90 Å². The summed E-state index contributed by atoms with van der Waals surface area (Å²) in [6, 6.07) is -1.14. The summed E-state index contributed by atoms with van der Waals surface area (Å²) >= 11 is 0. The first kappa shape index (κ1) is 25.2. The summed E-state index contributed by atoms with van der Waals surface area (Å²) in [5.41, 5.74) is -0.633. The van der Waals surface area contributed by atoms with Crippen LogP contribution in [0.3, 0.4) is 0 Å². The van der Waals surface area contributed by atoms with Gasteiger partial charge in [-0.05, 0) is 59.3 Å². The lowest BCUT2D eigenvalue weighted by Gasteiger charge is -2.32. The van der Waals surface area contributed by atoms with Gasteiger partial charge in [-0.1, -0.05) is 33.1 Å². The minimum Gasteiger partial charge on any atom is -0.444 e. The lowest BCUT2D eigenvalue weighted by molar-refractivity contribution is -0.141. The van der Waals surface area contributed by atoms with Crippen LogP contribution in [-0.4, -0.2) is 53.6 Å². The minimum absolute atomic E-state index is 0.0544. The summed E-state index contributed by atoms with van der Waals surface area (Å²) in [6.45, 7) is 11.4. The van der Waals surface area contributed by atoms with E-state index >= 15 is 0 Å². The molecular weight excluding hydrogens is 370 g/mol. The van der Waals surface area contributed by atoms with Crippen molar-refractivity contribution in [1.29, 1.82) is 0 Å². The Labute approximate surface area is 176 Å². The molecule has 168 valence electrons. The van der Waals surface area contributed by atoms with Gasteiger partial charge in [-0.15, -0.1) is 0 Å². The maximum Gasteiger partial charge on any atom is 0.408 e. The van der Waals surface area contributed by atoms with Crippen molar-refractivity contribution in [2.45, 2.75) is 110 Å². The first-order valence-electron chi connectivity index (χ1n) is 11.1. The molecule has 3 atom stereocenters. The van der Waals surface area contributed by atoms with Gasteiger partial charge in [0.25, 0.3) is 0 Å². The van der Waals surface area contributed by atoms with E-state index in [0.717, 1.165) is 38.5 Å². The van der Waals surface area contributed by atoms with Crippen molar-refractivity contribution in [1.82, 2.24) is 15.5 Å². The molecule has 3 amide bonds. The number of hydrogen-bond donors (Lipinski definition) is 2. The van der Waals surface area contributed by atoms with Gasteiger partial charge >= 0.3 is 6.09 Å². The zero-order chi connectivity index (χ0) is 22.2. The van der Waals surface area contributed by atoms with E-state index in [1.807, 2.05) is 13.8 Å². The van der Waals surface area contributed by atoms with Crippen LogP contribution in [0.15, 0.2) is 0 Å². The highest BCUT2D eigenvalue weighted by atomic mass is 16.6. The van der Waals surface area contributed by atoms with Crippen LogP contribution < -0.4 is 10.6 Å². The lowest BCUT2D eigenvalue weighted by atomic mass is 10.0. The van der Waals surface area contributed by atoms with Crippen LogP contribution in [0.4, 0.5) is 4.79 Å². The van der Waals surface area contributed by atoms with Crippen molar-refractivity contribution in [2.75, 3.05) is 7.05 Å². The second-order valence-electron chi connectivity index (χ2n) is 9.24. The van der Waals surface area contributed by atoms with Gasteiger partial charge in [0.15, 0.2) is 0 Å². The van der Waals surface area contributed by atoms with Gasteiger partial charge in [0.05, 0.1) is 0 Å². The number of nitrogens with one attached hydrogen (secondary N) is 2. The molecule has 1 rings (SSSR count). The molecule has 0 spiro atoms. The van der Waals surface area contributed by atoms with E-state index in [-0.39, 0.29) is 23.8 Å². The van der Waals surface area contributed by atoms with E-state index in [1.54, 1.807) is 27.8 Å². The normalized spacial score (nSPS) is 17.1. The Morgan fingerprint density at radius 1 is 1.10 bits per heavy atom. The Morgan fingerprint density at radius 3 is 2.21 bits per heavy atom. The second-order valence-corrected chi connectivity index (χ2v) is 9.24. The van der Waals surface area contributed by atoms with Crippen molar-refractivity contribution >= 4 is 17.9 Å². The van der Waals surface area contributed by atoms with Crippen molar-refractivity contribution in [3.63, 3.8) is 0 Å². The van der Waals surface area contributed by atoms with Crippen LogP contribution in [0.1, 0.15) is 86.5 Å². The van der Waals surface area contributed by atoms with E-state index in [4.69, 9.17) is 4.74 Å². The third-order valence-corrected chi connectivity index (χ3v) is 5.23. The predicted octanol–water partition coefficient (Wildman–Crippen LogP) is 3.61. The van der Waals surface area contributed by atoms with Gasteiger partial charge in [0, 0.05) is 13.1 Å². The molecule has 1 unspecified atom stereocenters. The monoisotopic (exact) mass is 411 g/mol. The predicted molar refractivity (Wildman–Crippen MR) is 114 cm³/mol. The number of rotatable bonds is 11. The van der Waals surface area contributed by atoms with Gasteiger partial charge in [0.1, 0.15) is 17.7 Å². The molecule has 0 aromatic rings. The van der Waals surface area contributed by atoms with E-state index < -0.39 is 23.8 Å². The van der Waals surface area contributed by atoms with Crippen LogP contribution in [0.2, 0.25) is 0 Å². The van der Waals surface area contributed by atoms with Gasteiger partial charge in [0.2, 0.25) is 11.8 Å². The summed E-state index contributed by atoms with van der Waals surface area (Å²) in [6.07, 6.45) is 5.56. The Kier molecular flexibility index (Phi) is 9.93. The molecule has 0 heterocycles. The number of nitrogens with zero attached hydrogens (tertiary/aromatic N) is 1. The number of alkyl carbamates (subject to hydrolysis) is 1. The average Bonchev–Trinajstić information content (AvgIpc) is 3.45. The molecule has 0 aliphatic heterocycles. The van der Waals surface area contributed by atoms with Crippen molar-refractivity contribution in [3.05, 3.63) is 0 Å². The number of carbonyl (C=O) groups is 3. The highest BCUT2D eigenvalue weighted by Crippen LogP contribution is 2.34. The molecule has 7 heteroatoms. The Hall–Kier alpha value is -1.79. The van der Waals surface area contributed by atoms with Crippen LogP contribution in [-0.2, 0) is 14.3 Å². The Morgan fingerprint density at radius 2 is 1.72 bits per heavy atom. The molecule has 0 aromatic carbocycles. The quantitative estimate of drug-likeness (QED) is 0.508. The van der Waals surface area contributed by atoms with Crippen molar-refractivity contribution in [3.8, 4) is 0 Å². The molecule has 0 bridgehead atoms. The third kappa shape index (κ3) is 9.05. The van der Waals surface area contributed by atoms with E-state index in [0.29, 0.717) is 6.42 Å². The molecule has 0 aromatic heterocycles. The molecule has 0 saturated heterocycles. The van der Waals surface area contributed by atoms with Gasteiger partial charge in [-0.2, -0.15) is 0 Å². The Bertz CT molecular complexity index is 555. The number of hydrogen-bond acceptors (Lipinski definition) is 4. The number of unbranched alkanes of at least 4 members (excludes halogenated alkanes) is 2. The zero-order valence-electron chi connectivity index (χ0n) is 19.3. The average molecular weight is 412 g/mol. The SMILES string of the molecule is CCCCC[C@@H](C(=O)NC(C)CC)N(C)C(=O)[C@@H](NC(=O)OC(C)(C)C)C1CC1. The molecule has 2 N–H and O–H groups in total. The molecular formula is C22H41N3O4. The van der Waals surface area contributed by atoms with Crippen molar-refractivity contribution in [2.24, 2.45) is 5.92 Å². The minimum atomic E-state index is -0.653. The fraction of sp³-hybridized carbons (Fsp3) is 0.864. The maximum absolute atomic E-state index is 13.2. The summed E-state index contributed by atoms with van der Waals surface area (Å²) in [5.74, 6) is -0.247. The zero-order valence-corrected chi connectivity index (χ0v) is 19.3. The lowest BCUT2D eigenvalue weighted by Crippen LogP contribution is -2.56. The number of amides is 3. The van der Waals surface area contributed by atoms with Gasteiger partial charge < -0.3 is 20.3 Å². The fourth-order valence-corrected chi connectivity index (χ4v) is 3.15. The van der Waals surface area contributed by atoms with Crippen LogP contribution >= 0.6 is 0 Å². The maximum atomic E-state index is 13.2.